The van der Waals surface area contributed by atoms with Crippen molar-refractivity contribution < 1.29 is 29.3 Å². The molecule has 1 rings (SSSR count). The first kappa shape index (κ1) is 24.4. The van der Waals surface area contributed by atoms with Gasteiger partial charge in [-0.25, -0.2) is 0 Å². The number of aliphatic carboxylic acids is 1. The molecule has 1 amide bonds. The van der Waals surface area contributed by atoms with Crippen LogP contribution in [0.2, 0.25) is 0 Å². The molecule has 0 saturated heterocycles. The average molecular weight is 400 g/mol. The molecule has 7 nitrogen and oxygen atoms in total. The Morgan fingerprint density at radius 3 is 2.21 bits per heavy atom. The van der Waals surface area contributed by atoms with E-state index in [-0.39, 0.29) is 37.2 Å². The highest BCUT2D eigenvalue weighted by molar-refractivity contribution is 5.85. The molecule has 1 fully saturated rings. The van der Waals surface area contributed by atoms with Crippen LogP contribution in [0.4, 0.5) is 0 Å². The predicted molar refractivity (Wildman–Crippen MR) is 106 cm³/mol. The highest BCUT2D eigenvalue weighted by Gasteiger charge is 2.45. The largest absolute Gasteiger partial charge is 0.481 e. The maximum atomic E-state index is 13.1. The number of ether oxygens (including phenoxy) is 1. The third-order valence-electron chi connectivity index (χ3n) is 5.29. The average Bonchev–Trinajstić information content (AvgIpc) is 3.02. The van der Waals surface area contributed by atoms with Gasteiger partial charge in [-0.1, -0.05) is 26.2 Å². The van der Waals surface area contributed by atoms with Gasteiger partial charge in [-0.2, -0.15) is 0 Å². The SMILES string of the molecule is CCC[C@@H](CC1(C(=O)N[C@@H](CCO)CC(=O)O)CCCC1)C(=O)OC(C)(C)C. The van der Waals surface area contributed by atoms with Crippen LogP contribution in [0.5, 0.6) is 0 Å². The monoisotopic (exact) mass is 399 g/mol. The molecular formula is C21H37NO6. The number of hydrogen-bond donors (Lipinski definition) is 3. The summed E-state index contributed by atoms with van der Waals surface area (Å²) in [6, 6.07) is -0.612. The molecule has 0 aromatic carbocycles. The number of carboxylic acids is 1. The first-order valence-electron chi connectivity index (χ1n) is 10.4. The van der Waals surface area contributed by atoms with Gasteiger partial charge in [0, 0.05) is 12.6 Å². The summed E-state index contributed by atoms with van der Waals surface area (Å²) >= 11 is 0. The molecule has 0 bridgehead atoms. The zero-order chi connectivity index (χ0) is 21.4. The highest BCUT2D eigenvalue weighted by atomic mass is 16.6. The molecule has 0 aromatic rings. The van der Waals surface area contributed by atoms with E-state index in [0.29, 0.717) is 25.7 Å². The van der Waals surface area contributed by atoms with E-state index in [0.717, 1.165) is 19.3 Å². The summed E-state index contributed by atoms with van der Waals surface area (Å²) in [5.74, 6) is -1.85. The smallest absolute Gasteiger partial charge is 0.309 e. The maximum Gasteiger partial charge on any atom is 0.309 e. The minimum Gasteiger partial charge on any atom is -0.481 e. The van der Waals surface area contributed by atoms with Gasteiger partial charge < -0.3 is 20.3 Å². The number of rotatable bonds is 11. The van der Waals surface area contributed by atoms with Crippen LogP contribution in [-0.4, -0.2) is 46.3 Å². The van der Waals surface area contributed by atoms with Crippen LogP contribution in [-0.2, 0) is 19.1 Å². The zero-order valence-corrected chi connectivity index (χ0v) is 17.8. The third-order valence-corrected chi connectivity index (χ3v) is 5.29. The van der Waals surface area contributed by atoms with E-state index in [1.54, 1.807) is 0 Å². The van der Waals surface area contributed by atoms with E-state index in [4.69, 9.17) is 9.84 Å². The van der Waals surface area contributed by atoms with Crippen LogP contribution >= 0.6 is 0 Å². The second kappa shape index (κ2) is 10.8. The van der Waals surface area contributed by atoms with Crippen molar-refractivity contribution in [2.45, 2.75) is 97.1 Å². The first-order chi connectivity index (χ1) is 13.0. The molecule has 162 valence electrons. The molecule has 0 spiro atoms. The van der Waals surface area contributed by atoms with Crippen molar-refractivity contribution in [2.75, 3.05) is 6.61 Å². The lowest BCUT2D eigenvalue weighted by Crippen LogP contribution is -2.47. The van der Waals surface area contributed by atoms with Crippen molar-refractivity contribution in [3.63, 3.8) is 0 Å². The van der Waals surface area contributed by atoms with Crippen LogP contribution < -0.4 is 5.32 Å². The van der Waals surface area contributed by atoms with Gasteiger partial charge >= 0.3 is 11.9 Å². The van der Waals surface area contributed by atoms with Crippen LogP contribution in [0.15, 0.2) is 0 Å². The van der Waals surface area contributed by atoms with Crippen molar-refractivity contribution in [3.8, 4) is 0 Å². The number of hydrogen-bond acceptors (Lipinski definition) is 5. The topological polar surface area (TPSA) is 113 Å². The normalized spacial score (nSPS) is 18.3. The second-order valence-corrected chi connectivity index (χ2v) is 8.99. The number of carboxylic acid groups (broad SMARTS) is 1. The quantitative estimate of drug-likeness (QED) is 0.460. The summed E-state index contributed by atoms with van der Waals surface area (Å²) in [6.45, 7) is 7.30. The fraction of sp³-hybridized carbons (Fsp3) is 0.857. The summed E-state index contributed by atoms with van der Waals surface area (Å²) in [4.78, 5) is 36.9. The first-order valence-corrected chi connectivity index (χ1v) is 10.4. The van der Waals surface area contributed by atoms with Gasteiger partial charge in [0.1, 0.15) is 5.60 Å². The van der Waals surface area contributed by atoms with Gasteiger partial charge in [0.15, 0.2) is 0 Å². The Hall–Kier alpha value is -1.63. The number of aliphatic hydroxyl groups excluding tert-OH is 1. The maximum absolute atomic E-state index is 13.1. The van der Waals surface area contributed by atoms with E-state index >= 15 is 0 Å². The fourth-order valence-corrected chi connectivity index (χ4v) is 4.01. The van der Waals surface area contributed by atoms with Crippen molar-refractivity contribution in [3.05, 3.63) is 0 Å². The lowest BCUT2D eigenvalue weighted by molar-refractivity contribution is -0.162. The van der Waals surface area contributed by atoms with Gasteiger partial charge in [-0.15, -0.1) is 0 Å². The van der Waals surface area contributed by atoms with E-state index in [1.807, 2.05) is 27.7 Å². The van der Waals surface area contributed by atoms with Crippen molar-refractivity contribution in [1.82, 2.24) is 5.32 Å². The Bertz CT molecular complexity index is 534. The Morgan fingerprint density at radius 2 is 1.75 bits per heavy atom. The highest BCUT2D eigenvalue weighted by Crippen LogP contribution is 2.45. The van der Waals surface area contributed by atoms with E-state index in [1.165, 1.54) is 0 Å². The number of amides is 1. The Labute approximate surface area is 168 Å². The molecule has 7 heteroatoms. The standard InChI is InChI=1S/C21H37NO6/c1-5-8-15(18(26)28-20(2,3)4)14-21(10-6-7-11-21)19(27)22-16(9-12-23)13-17(24)25/h15-16,23H,5-14H2,1-4H3,(H,22,27)(H,24,25)/t15-,16-/m0/s1. The summed E-state index contributed by atoms with van der Waals surface area (Å²) < 4.78 is 5.58. The molecule has 0 aromatic heterocycles. The van der Waals surface area contributed by atoms with Crippen molar-refractivity contribution >= 4 is 17.8 Å². The van der Waals surface area contributed by atoms with Crippen LogP contribution in [0, 0.1) is 11.3 Å². The van der Waals surface area contributed by atoms with Crippen LogP contribution in [0.25, 0.3) is 0 Å². The molecule has 0 radical (unpaired) electrons. The predicted octanol–water partition coefficient (Wildman–Crippen LogP) is 3.04. The molecule has 28 heavy (non-hydrogen) atoms. The van der Waals surface area contributed by atoms with Gasteiger partial charge in [0.25, 0.3) is 0 Å². The van der Waals surface area contributed by atoms with E-state index < -0.39 is 23.0 Å². The lowest BCUT2D eigenvalue weighted by Gasteiger charge is -2.33. The molecular weight excluding hydrogens is 362 g/mol. The van der Waals surface area contributed by atoms with Gasteiger partial charge in [-0.3, -0.25) is 14.4 Å². The Kier molecular flexibility index (Phi) is 9.40. The number of carbonyl (C=O) groups is 3. The molecule has 0 aliphatic heterocycles. The Balaban J connectivity index is 2.96. The van der Waals surface area contributed by atoms with Crippen LogP contribution in [0.3, 0.4) is 0 Å². The summed E-state index contributed by atoms with van der Waals surface area (Å²) in [7, 11) is 0. The van der Waals surface area contributed by atoms with E-state index in [2.05, 4.69) is 5.32 Å². The molecule has 0 heterocycles. The fourth-order valence-electron chi connectivity index (χ4n) is 4.01. The minimum atomic E-state index is -1.02. The second-order valence-electron chi connectivity index (χ2n) is 8.99. The number of nitrogens with one attached hydrogen (secondary N) is 1. The van der Waals surface area contributed by atoms with E-state index in [9.17, 15) is 19.5 Å². The molecule has 1 aliphatic carbocycles. The molecule has 1 aliphatic rings. The summed E-state index contributed by atoms with van der Waals surface area (Å²) in [5, 5.41) is 21.1. The molecule has 1 saturated carbocycles. The minimum absolute atomic E-state index is 0.193. The Morgan fingerprint density at radius 1 is 1.14 bits per heavy atom. The van der Waals surface area contributed by atoms with Gasteiger partial charge in [0.2, 0.25) is 5.91 Å². The molecule has 0 unspecified atom stereocenters. The summed E-state index contributed by atoms with van der Waals surface area (Å²) in [5.41, 5.74) is -1.26. The van der Waals surface area contributed by atoms with Gasteiger partial charge in [0.05, 0.1) is 17.8 Å². The number of carbonyl (C=O) groups excluding carboxylic acids is 2. The zero-order valence-electron chi connectivity index (χ0n) is 17.8. The molecule has 3 N–H and O–H groups in total. The number of esters is 1. The van der Waals surface area contributed by atoms with Gasteiger partial charge in [-0.05, 0) is 52.9 Å². The lowest BCUT2D eigenvalue weighted by atomic mass is 9.75. The van der Waals surface area contributed by atoms with Crippen molar-refractivity contribution in [2.24, 2.45) is 11.3 Å². The summed E-state index contributed by atoms with van der Waals surface area (Å²) in [6.07, 6.45) is 5.02. The number of aliphatic hydroxyl groups is 1. The third kappa shape index (κ3) is 7.78. The van der Waals surface area contributed by atoms with Crippen LogP contribution in [0.1, 0.15) is 85.5 Å². The van der Waals surface area contributed by atoms with Crippen molar-refractivity contribution in [1.29, 1.82) is 0 Å². The molecule has 2 atom stereocenters.